The van der Waals surface area contributed by atoms with Gasteiger partial charge < -0.3 is 9.88 Å². The summed E-state index contributed by atoms with van der Waals surface area (Å²) in [6, 6.07) is 18.1. The molecule has 5 nitrogen and oxygen atoms in total. The Kier molecular flexibility index (Phi) is 6.29. The molecule has 0 spiro atoms. The molecule has 1 atom stereocenters. The maximum absolute atomic E-state index is 12.6. The Morgan fingerprint density at radius 2 is 1.78 bits per heavy atom. The fourth-order valence-electron chi connectivity index (χ4n) is 2.68. The summed E-state index contributed by atoms with van der Waals surface area (Å²) < 4.78 is 2.04. The smallest absolute Gasteiger partial charge is 0.237 e. The molecule has 1 N–H and O–H groups in total. The first kappa shape index (κ1) is 19.2. The first-order chi connectivity index (χ1) is 13.1. The molecule has 0 bridgehead atoms. The van der Waals surface area contributed by atoms with Gasteiger partial charge in [0.2, 0.25) is 5.91 Å². The summed E-state index contributed by atoms with van der Waals surface area (Å²) in [5.74, 6) is 0.792. The van der Waals surface area contributed by atoms with Crippen LogP contribution in [0.3, 0.4) is 0 Å². The minimum atomic E-state index is -0.283. The zero-order valence-corrected chi connectivity index (χ0v) is 16.7. The van der Waals surface area contributed by atoms with Gasteiger partial charge in [-0.05, 0) is 43.5 Å². The van der Waals surface area contributed by atoms with Crippen molar-refractivity contribution in [1.82, 2.24) is 14.8 Å². The number of aryl methyl sites for hydroxylation is 2. The van der Waals surface area contributed by atoms with Crippen LogP contribution in [0.5, 0.6) is 0 Å². The molecule has 3 rings (SSSR count). The van der Waals surface area contributed by atoms with Crippen molar-refractivity contribution >= 4 is 23.4 Å². The van der Waals surface area contributed by atoms with E-state index in [-0.39, 0.29) is 11.2 Å². The molecule has 140 valence electrons. The van der Waals surface area contributed by atoms with Crippen molar-refractivity contribution < 1.29 is 4.79 Å². The molecule has 0 aliphatic heterocycles. The molecule has 0 aliphatic carbocycles. The lowest BCUT2D eigenvalue weighted by Crippen LogP contribution is -2.23. The zero-order chi connectivity index (χ0) is 19.2. The Hall–Kier alpha value is -2.60. The van der Waals surface area contributed by atoms with E-state index in [9.17, 15) is 4.79 Å². The minimum absolute atomic E-state index is 0.0452. The minimum Gasteiger partial charge on any atom is -0.325 e. The van der Waals surface area contributed by atoms with Gasteiger partial charge in [-0.2, -0.15) is 0 Å². The van der Waals surface area contributed by atoms with Gasteiger partial charge in [0.1, 0.15) is 5.82 Å². The highest BCUT2D eigenvalue weighted by molar-refractivity contribution is 8.00. The molecule has 1 amide bonds. The average Bonchev–Trinajstić information content (AvgIpc) is 3.02. The average molecular weight is 381 g/mol. The Bertz CT molecular complexity index is 890. The molecular formula is C21H24N4OS. The molecule has 1 aromatic heterocycles. The number of hydrogen-bond acceptors (Lipinski definition) is 4. The van der Waals surface area contributed by atoms with Gasteiger partial charge in [-0.15, -0.1) is 10.2 Å². The number of aromatic nitrogens is 3. The number of amides is 1. The molecule has 27 heavy (non-hydrogen) atoms. The molecular weight excluding hydrogens is 356 g/mol. The number of carbonyl (C=O) groups is 1. The normalized spacial score (nSPS) is 12.0. The summed E-state index contributed by atoms with van der Waals surface area (Å²) in [7, 11) is 0. The Morgan fingerprint density at radius 3 is 2.44 bits per heavy atom. The predicted octanol–water partition coefficient (Wildman–Crippen LogP) is 4.32. The van der Waals surface area contributed by atoms with Gasteiger partial charge in [0, 0.05) is 5.69 Å². The SMILES string of the molecule is CCc1ccc(NC(=O)C(C)Sc2nnc(C)n2Cc2ccccc2)cc1. The lowest BCUT2D eigenvalue weighted by atomic mass is 10.1. The fourth-order valence-corrected chi connectivity index (χ4v) is 3.57. The summed E-state index contributed by atoms with van der Waals surface area (Å²) in [5.41, 5.74) is 3.24. The summed E-state index contributed by atoms with van der Waals surface area (Å²) >= 11 is 1.42. The predicted molar refractivity (Wildman–Crippen MR) is 110 cm³/mol. The third-order valence-electron chi connectivity index (χ3n) is 4.37. The number of thioether (sulfide) groups is 1. The molecule has 1 unspecified atom stereocenters. The second-order valence-electron chi connectivity index (χ2n) is 6.40. The second-order valence-corrected chi connectivity index (χ2v) is 7.71. The highest BCUT2D eigenvalue weighted by Gasteiger charge is 2.19. The summed E-state index contributed by atoms with van der Waals surface area (Å²) in [6.45, 7) is 6.62. The van der Waals surface area contributed by atoms with Crippen LogP contribution >= 0.6 is 11.8 Å². The van der Waals surface area contributed by atoms with E-state index < -0.39 is 0 Å². The van der Waals surface area contributed by atoms with Crippen molar-refractivity contribution in [1.29, 1.82) is 0 Å². The second kappa shape index (κ2) is 8.86. The Labute approximate surface area is 164 Å². The molecule has 3 aromatic rings. The van der Waals surface area contributed by atoms with E-state index in [1.54, 1.807) is 0 Å². The monoisotopic (exact) mass is 380 g/mol. The molecule has 6 heteroatoms. The zero-order valence-electron chi connectivity index (χ0n) is 15.8. The molecule has 0 saturated carbocycles. The number of carbonyl (C=O) groups excluding carboxylic acids is 1. The van der Waals surface area contributed by atoms with Gasteiger partial charge in [0.15, 0.2) is 5.16 Å². The third kappa shape index (κ3) is 4.98. The largest absolute Gasteiger partial charge is 0.325 e. The standard InChI is InChI=1S/C21H24N4OS/c1-4-17-10-12-19(13-11-17)22-20(26)15(2)27-21-24-23-16(3)25(21)14-18-8-6-5-7-9-18/h5-13,15H,4,14H2,1-3H3,(H,22,26). The van der Waals surface area contributed by atoms with Crippen LogP contribution in [-0.2, 0) is 17.8 Å². The van der Waals surface area contributed by atoms with Gasteiger partial charge in [0.05, 0.1) is 11.8 Å². The summed E-state index contributed by atoms with van der Waals surface area (Å²) in [4.78, 5) is 12.6. The lowest BCUT2D eigenvalue weighted by Gasteiger charge is -2.13. The van der Waals surface area contributed by atoms with Crippen molar-refractivity contribution in [3.63, 3.8) is 0 Å². The van der Waals surface area contributed by atoms with Gasteiger partial charge >= 0.3 is 0 Å². The molecule has 0 aliphatic rings. The van der Waals surface area contributed by atoms with Gasteiger partial charge in [-0.1, -0.05) is 61.2 Å². The van der Waals surface area contributed by atoms with Crippen LogP contribution in [0.1, 0.15) is 30.8 Å². The number of benzene rings is 2. The van der Waals surface area contributed by atoms with Crippen LogP contribution in [0.2, 0.25) is 0 Å². The third-order valence-corrected chi connectivity index (χ3v) is 5.45. The molecule has 0 radical (unpaired) electrons. The number of hydrogen-bond donors (Lipinski definition) is 1. The highest BCUT2D eigenvalue weighted by atomic mass is 32.2. The van der Waals surface area contributed by atoms with E-state index in [1.165, 1.54) is 22.9 Å². The highest BCUT2D eigenvalue weighted by Crippen LogP contribution is 2.24. The maximum Gasteiger partial charge on any atom is 0.237 e. The van der Waals surface area contributed by atoms with Crippen LogP contribution in [0.15, 0.2) is 59.8 Å². The van der Waals surface area contributed by atoms with Crippen molar-refractivity contribution in [3.05, 3.63) is 71.5 Å². The van der Waals surface area contributed by atoms with Crippen molar-refractivity contribution in [2.45, 2.75) is 44.1 Å². The molecule has 0 saturated heterocycles. The summed E-state index contributed by atoms with van der Waals surface area (Å²) in [5, 5.41) is 11.9. The van der Waals surface area contributed by atoms with Crippen LogP contribution in [-0.4, -0.2) is 25.9 Å². The summed E-state index contributed by atoms with van der Waals surface area (Å²) in [6.07, 6.45) is 0.983. The lowest BCUT2D eigenvalue weighted by molar-refractivity contribution is -0.115. The van der Waals surface area contributed by atoms with E-state index >= 15 is 0 Å². The van der Waals surface area contributed by atoms with E-state index in [4.69, 9.17) is 0 Å². The molecule has 0 fully saturated rings. The first-order valence-electron chi connectivity index (χ1n) is 9.07. The van der Waals surface area contributed by atoms with Gasteiger partial charge in [-0.3, -0.25) is 4.79 Å². The maximum atomic E-state index is 12.6. The van der Waals surface area contributed by atoms with Gasteiger partial charge in [0.25, 0.3) is 0 Å². The Morgan fingerprint density at radius 1 is 1.07 bits per heavy atom. The van der Waals surface area contributed by atoms with Crippen molar-refractivity contribution in [3.8, 4) is 0 Å². The number of nitrogens with one attached hydrogen (secondary N) is 1. The van der Waals surface area contributed by atoms with Crippen LogP contribution in [0.25, 0.3) is 0 Å². The van der Waals surface area contributed by atoms with E-state index in [2.05, 4.69) is 34.6 Å². The Balaban J connectivity index is 1.66. The molecule has 2 aromatic carbocycles. The molecule has 1 heterocycles. The van der Waals surface area contributed by atoms with E-state index in [1.807, 2.05) is 60.9 Å². The van der Waals surface area contributed by atoms with Gasteiger partial charge in [-0.25, -0.2) is 0 Å². The number of anilines is 1. The fraction of sp³-hybridized carbons (Fsp3) is 0.286. The van der Waals surface area contributed by atoms with E-state index in [0.717, 1.165) is 23.1 Å². The van der Waals surface area contributed by atoms with Crippen LogP contribution < -0.4 is 5.32 Å². The van der Waals surface area contributed by atoms with Crippen LogP contribution in [0.4, 0.5) is 5.69 Å². The first-order valence-corrected chi connectivity index (χ1v) is 9.95. The number of rotatable bonds is 7. The topological polar surface area (TPSA) is 59.8 Å². The van der Waals surface area contributed by atoms with E-state index in [0.29, 0.717) is 6.54 Å². The van der Waals surface area contributed by atoms with Crippen molar-refractivity contribution in [2.24, 2.45) is 0 Å². The number of nitrogens with zero attached hydrogens (tertiary/aromatic N) is 3. The quantitative estimate of drug-likeness (QED) is 0.620. The van der Waals surface area contributed by atoms with Crippen LogP contribution in [0, 0.1) is 6.92 Å². The van der Waals surface area contributed by atoms with Crippen molar-refractivity contribution in [2.75, 3.05) is 5.32 Å².